The Morgan fingerprint density at radius 2 is 0.983 bits per heavy atom. The van der Waals surface area contributed by atoms with Gasteiger partial charge in [-0.05, 0) is 92.7 Å². The fourth-order valence-corrected chi connectivity index (χ4v) is 8.04. The van der Waals surface area contributed by atoms with E-state index in [0.717, 1.165) is 32.7 Å². The van der Waals surface area contributed by atoms with Crippen molar-refractivity contribution in [1.82, 2.24) is 15.0 Å². The lowest BCUT2D eigenvalue weighted by Crippen LogP contribution is -2.00. The number of rotatable bonds is 6. The summed E-state index contributed by atoms with van der Waals surface area (Å²) >= 11 is 0. The Kier molecular flexibility index (Phi) is 5.64. The van der Waals surface area contributed by atoms with Gasteiger partial charge in [-0.25, -0.2) is 15.0 Å². The van der Waals surface area contributed by atoms with E-state index in [1.54, 1.807) is 54.6 Å². The van der Waals surface area contributed by atoms with Crippen LogP contribution in [0.4, 0.5) is 0 Å². The van der Waals surface area contributed by atoms with Crippen molar-refractivity contribution in [3.63, 3.8) is 0 Å². The minimum absolute atomic E-state index is 0.129. The monoisotopic (exact) mass is 778 g/mol. The largest absolute Gasteiger partial charge is 0.456 e. The highest BCUT2D eigenvalue weighted by Gasteiger charge is 2.21. The van der Waals surface area contributed by atoms with Gasteiger partial charge in [0, 0.05) is 38.2 Å². The third-order valence-corrected chi connectivity index (χ3v) is 10.7. The average molecular weight is 779 g/mol. The Hall–Kier alpha value is -8.15. The predicted molar refractivity (Wildman–Crippen MR) is 245 cm³/mol. The summed E-state index contributed by atoms with van der Waals surface area (Å²) in [6.07, 6.45) is 0. The second kappa shape index (κ2) is 13.8. The van der Waals surface area contributed by atoms with E-state index in [0.29, 0.717) is 61.4 Å². The zero-order valence-electron chi connectivity index (χ0n) is 42.4. The van der Waals surface area contributed by atoms with Crippen LogP contribution >= 0.6 is 0 Å². The van der Waals surface area contributed by atoms with E-state index >= 15 is 0 Å². The summed E-state index contributed by atoms with van der Waals surface area (Å²) in [6.45, 7) is 0. The van der Waals surface area contributed by atoms with Gasteiger partial charge in [-0.2, -0.15) is 0 Å². The molecule has 0 saturated heterocycles. The highest BCUT2D eigenvalue weighted by Crippen LogP contribution is 2.45. The lowest BCUT2D eigenvalue weighted by Gasteiger charge is -2.15. The maximum absolute atomic E-state index is 9.52. The Balaban J connectivity index is 1.15. The van der Waals surface area contributed by atoms with Crippen molar-refractivity contribution in [2.75, 3.05) is 0 Å². The van der Waals surface area contributed by atoms with Crippen molar-refractivity contribution in [2.24, 2.45) is 0 Å². The number of fused-ring (bicyclic) bond motifs is 7. The van der Waals surface area contributed by atoms with E-state index in [1.807, 2.05) is 78.9 Å². The van der Waals surface area contributed by atoms with Crippen LogP contribution in [-0.2, 0) is 0 Å². The highest BCUT2D eigenvalue weighted by atomic mass is 16.3. The van der Waals surface area contributed by atoms with Gasteiger partial charge in [0.15, 0.2) is 17.5 Å². The molecule has 0 radical (unpaired) electrons. The zero-order valence-corrected chi connectivity index (χ0v) is 31.4. The molecule has 280 valence electrons. The maximum Gasteiger partial charge on any atom is 0.164 e. The van der Waals surface area contributed by atoms with Crippen LogP contribution in [0.25, 0.3) is 122 Å². The van der Waals surface area contributed by atoms with E-state index < -0.39 is 65.5 Å². The van der Waals surface area contributed by atoms with Gasteiger partial charge >= 0.3 is 0 Å². The van der Waals surface area contributed by atoms with Crippen molar-refractivity contribution in [3.05, 3.63) is 200 Å². The van der Waals surface area contributed by atoms with Crippen LogP contribution < -0.4 is 0 Å². The quantitative estimate of drug-likeness (QED) is 0.168. The van der Waals surface area contributed by atoms with Gasteiger partial charge in [0.05, 0.1) is 15.1 Å². The molecule has 0 N–H and O–H groups in total. The second-order valence-electron chi connectivity index (χ2n) is 14.3. The molecule has 9 aromatic carbocycles. The maximum atomic E-state index is 9.52. The number of furan rings is 2. The summed E-state index contributed by atoms with van der Waals surface area (Å²) in [5, 5.41) is 4.74. The lowest BCUT2D eigenvalue weighted by molar-refractivity contribution is 0.668. The van der Waals surface area contributed by atoms with Crippen LogP contribution in [0.2, 0.25) is 0 Å². The Morgan fingerprint density at radius 3 is 1.85 bits per heavy atom. The summed E-state index contributed by atoms with van der Waals surface area (Å²) in [7, 11) is 0. The SMILES string of the molecule is [2H]c1ccc2oc3ccc([2H])c(-c4cc(-c5cc(-c6nc(-c7ccccc7)nc(-c7c([2H])c([2H])c([2H])c(-c8c([2H])c([2H])c([2H])c([2H])c8[2H])c7[2H])n6)cc6ccccc56)c5c(c4)oc4ccccc45)c3c2c1. The van der Waals surface area contributed by atoms with Crippen molar-refractivity contribution < 1.29 is 23.9 Å². The van der Waals surface area contributed by atoms with Crippen LogP contribution in [-0.4, -0.2) is 15.0 Å². The number of nitrogens with zero attached hydrogens (tertiary/aromatic N) is 3. The topological polar surface area (TPSA) is 65.0 Å². The van der Waals surface area contributed by atoms with Crippen molar-refractivity contribution in [1.29, 1.82) is 0 Å². The van der Waals surface area contributed by atoms with Gasteiger partial charge in [0.25, 0.3) is 0 Å². The Morgan fingerprint density at radius 1 is 0.350 bits per heavy atom. The molecule has 5 heteroatoms. The summed E-state index contributed by atoms with van der Waals surface area (Å²) in [5.41, 5.74) is 5.06. The number of aromatic nitrogens is 3. The van der Waals surface area contributed by atoms with Crippen molar-refractivity contribution in [2.45, 2.75) is 0 Å². The van der Waals surface area contributed by atoms with Gasteiger partial charge in [-0.1, -0.05) is 151 Å². The number of para-hydroxylation sites is 2. The van der Waals surface area contributed by atoms with Crippen LogP contribution in [0.1, 0.15) is 15.1 Å². The first kappa shape index (κ1) is 24.6. The van der Waals surface area contributed by atoms with Crippen molar-refractivity contribution >= 4 is 54.6 Å². The molecule has 0 spiro atoms. The van der Waals surface area contributed by atoms with Gasteiger partial charge in [-0.3, -0.25) is 0 Å². The van der Waals surface area contributed by atoms with Crippen LogP contribution in [0, 0.1) is 0 Å². The van der Waals surface area contributed by atoms with E-state index in [2.05, 4.69) is 0 Å². The highest BCUT2D eigenvalue weighted by molar-refractivity contribution is 6.19. The van der Waals surface area contributed by atoms with Crippen LogP contribution in [0.3, 0.4) is 0 Å². The first-order valence-corrected chi connectivity index (χ1v) is 19.2. The molecule has 3 heterocycles. The Labute approximate surface area is 360 Å². The average Bonchev–Trinajstić information content (AvgIpc) is 3.95. The molecule has 0 bridgehead atoms. The molecule has 0 fully saturated rings. The van der Waals surface area contributed by atoms with E-state index in [9.17, 15) is 2.74 Å². The minimum atomic E-state index is -0.676. The van der Waals surface area contributed by atoms with E-state index in [4.69, 9.17) is 36.1 Å². The summed E-state index contributed by atoms with van der Waals surface area (Å²) < 4.78 is 110. The fraction of sp³-hybridized carbons (Fsp3) is 0. The fourth-order valence-electron chi connectivity index (χ4n) is 8.04. The van der Waals surface area contributed by atoms with E-state index in [1.165, 1.54) is 0 Å². The molecule has 12 aromatic rings. The lowest BCUT2D eigenvalue weighted by atomic mass is 9.89. The molecule has 0 aliphatic heterocycles. The molecule has 5 nitrogen and oxygen atoms in total. The number of hydrogen-bond donors (Lipinski definition) is 0. The first-order chi connectivity index (χ1) is 34.3. The zero-order chi connectivity index (χ0) is 49.1. The predicted octanol–water partition coefficient (Wildman–Crippen LogP) is 14.8. The normalized spacial score (nSPS) is 14.2. The molecule has 0 unspecified atom stereocenters. The standard InChI is InChI=1S/C55H33N3O2/c1-3-15-34(16-4-1)36-20-13-21-38(29-36)54-56-53(35-17-5-2-6-18-35)57-55(58-54)40-30-37-19-7-8-22-41(37)45(32-40)46-31-39(33-50-52(46)44-24-10-12-27-48(44)60-50)42-25-14-28-49-51(42)43-23-9-11-26-47(43)59-49/h1-33H/i1D,3D,4D,9D,13D,15D,16D,20D,21D,25D,29D. The minimum Gasteiger partial charge on any atom is -0.456 e. The molecular weight excluding hydrogens is 735 g/mol. The molecule has 12 rings (SSSR count). The third kappa shape index (κ3) is 5.67. The molecule has 60 heavy (non-hydrogen) atoms. The van der Waals surface area contributed by atoms with Crippen LogP contribution in [0.15, 0.2) is 209 Å². The van der Waals surface area contributed by atoms with Crippen LogP contribution in [0.5, 0.6) is 0 Å². The molecule has 0 atom stereocenters. The molecule has 0 aliphatic rings. The molecule has 0 aliphatic carbocycles. The second-order valence-corrected chi connectivity index (χ2v) is 14.3. The van der Waals surface area contributed by atoms with Gasteiger partial charge < -0.3 is 8.83 Å². The molecule has 0 saturated carbocycles. The molecular formula is C55H33N3O2. The molecule has 3 aromatic heterocycles. The summed E-state index contributed by atoms with van der Waals surface area (Å²) in [6, 6.07) is 35.9. The molecule has 0 amide bonds. The third-order valence-electron chi connectivity index (χ3n) is 10.7. The van der Waals surface area contributed by atoms with E-state index in [-0.39, 0.29) is 29.1 Å². The van der Waals surface area contributed by atoms with Gasteiger partial charge in [0.1, 0.15) is 22.3 Å². The van der Waals surface area contributed by atoms with Crippen molar-refractivity contribution in [3.8, 4) is 67.5 Å². The smallest absolute Gasteiger partial charge is 0.164 e. The summed E-state index contributed by atoms with van der Waals surface area (Å²) in [5.74, 6) is 0.0868. The number of benzene rings is 9. The Bertz CT molecular complexity index is 4240. The first-order valence-electron chi connectivity index (χ1n) is 24.7. The summed E-state index contributed by atoms with van der Waals surface area (Å²) in [4.78, 5) is 14.7. The number of hydrogen-bond acceptors (Lipinski definition) is 5. The van der Waals surface area contributed by atoms with Gasteiger partial charge in [0.2, 0.25) is 0 Å². The van der Waals surface area contributed by atoms with Gasteiger partial charge in [-0.15, -0.1) is 0 Å².